The lowest BCUT2D eigenvalue weighted by atomic mass is 10.2. The highest BCUT2D eigenvalue weighted by atomic mass is 16.5. The van der Waals surface area contributed by atoms with Crippen LogP contribution in [0.25, 0.3) is 0 Å². The molecular formula is C13H20N4O2. The third-order valence-corrected chi connectivity index (χ3v) is 3.32. The van der Waals surface area contributed by atoms with E-state index in [-0.39, 0.29) is 11.5 Å². The fraction of sp³-hybridized carbons (Fsp3) is 0.615. The minimum absolute atomic E-state index is 0.144. The summed E-state index contributed by atoms with van der Waals surface area (Å²) in [7, 11) is 0. The fourth-order valence-corrected chi connectivity index (χ4v) is 2.23. The van der Waals surface area contributed by atoms with Crippen molar-refractivity contribution in [2.45, 2.75) is 26.7 Å². The molecule has 2 heterocycles. The number of rotatable bonds is 3. The summed E-state index contributed by atoms with van der Waals surface area (Å²) >= 11 is 0. The second-order valence-corrected chi connectivity index (χ2v) is 4.51. The number of ether oxygens (including phenoxy) is 1. The van der Waals surface area contributed by atoms with Crippen LogP contribution in [0, 0.1) is 0 Å². The van der Waals surface area contributed by atoms with E-state index in [0.717, 1.165) is 43.9 Å². The van der Waals surface area contributed by atoms with Crippen LogP contribution in [0.4, 0.5) is 5.82 Å². The summed E-state index contributed by atoms with van der Waals surface area (Å²) in [5.74, 6) is -0.325. The molecule has 0 fully saturated rings. The average molecular weight is 264 g/mol. The third-order valence-electron chi connectivity index (χ3n) is 3.32. The van der Waals surface area contributed by atoms with E-state index in [1.165, 1.54) is 0 Å². The van der Waals surface area contributed by atoms with Gasteiger partial charge in [-0.2, -0.15) is 0 Å². The van der Waals surface area contributed by atoms with Crippen LogP contribution < -0.4 is 5.73 Å². The molecule has 1 aliphatic rings. The van der Waals surface area contributed by atoms with E-state index in [4.69, 9.17) is 10.5 Å². The van der Waals surface area contributed by atoms with E-state index in [9.17, 15) is 4.79 Å². The summed E-state index contributed by atoms with van der Waals surface area (Å²) in [4.78, 5) is 22.8. The van der Waals surface area contributed by atoms with Crippen molar-refractivity contribution in [2.24, 2.45) is 0 Å². The van der Waals surface area contributed by atoms with E-state index in [1.54, 1.807) is 6.92 Å². The first kappa shape index (κ1) is 13.7. The minimum atomic E-state index is -0.494. The van der Waals surface area contributed by atoms with Crippen molar-refractivity contribution in [3.8, 4) is 0 Å². The molecule has 6 heteroatoms. The molecule has 0 radical (unpaired) electrons. The van der Waals surface area contributed by atoms with Crippen LogP contribution in [0.15, 0.2) is 0 Å². The Hall–Kier alpha value is -1.69. The number of fused-ring (bicyclic) bond motifs is 1. The van der Waals surface area contributed by atoms with Crippen molar-refractivity contribution >= 4 is 11.8 Å². The number of likely N-dealkylation sites (N-methyl/N-ethyl adjacent to an activating group) is 1. The molecule has 0 saturated carbocycles. The molecule has 1 aromatic rings. The summed E-state index contributed by atoms with van der Waals surface area (Å²) < 4.78 is 4.94. The molecule has 2 rings (SSSR count). The molecule has 0 aliphatic carbocycles. The molecule has 0 bridgehead atoms. The first-order valence-electron chi connectivity index (χ1n) is 6.70. The zero-order chi connectivity index (χ0) is 13.8. The Morgan fingerprint density at radius 1 is 1.26 bits per heavy atom. The van der Waals surface area contributed by atoms with Gasteiger partial charge in [-0.25, -0.2) is 14.8 Å². The van der Waals surface area contributed by atoms with E-state index in [2.05, 4.69) is 21.8 Å². The molecule has 19 heavy (non-hydrogen) atoms. The Bertz CT molecular complexity index is 476. The number of aromatic nitrogens is 2. The Morgan fingerprint density at radius 2 is 1.89 bits per heavy atom. The molecule has 6 nitrogen and oxygen atoms in total. The molecule has 0 atom stereocenters. The van der Waals surface area contributed by atoms with Gasteiger partial charge < -0.3 is 15.4 Å². The number of carbonyl (C=O) groups is 1. The van der Waals surface area contributed by atoms with Crippen molar-refractivity contribution in [1.29, 1.82) is 0 Å². The quantitative estimate of drug-likeness (QED) is 0.808. The predicted molar refractivity (Wildman–Crippen MR) is 71.9 cm³/mol. The second-order valence-electron chi connectivity index (χ2n) is 4.51. The third kappa shape index (κ3) is 3.01. The SMILES string of the molecule is CCOC(=O)c1nc2c(nc1N)CCN(CC)CC2. The van der Waals surface area contributed by atoms with Crippen molar-refractivity contribution in [3.63, 3.8) is 0 Å². The molecule has 1 aliphatic heterocycles. The normalized spacial score (nSPS) is 15.7. The van der Waals surface area contributed by atoms with Crippen LogP contribution in [0.1, 0.15) is 35.7 Å². The van der Waals surface area contributed by atoms with Crippen molar-refractivity contribution in [1.82, 2.24) is 14.9 Å². The average Bonchev–Trinajstić information content (AvgIpc) is 2.59. The van der Waals surface area contributed by atoms with Gasteiger partial charge >= 0.3 is 5.97 Å². The molecule has 2 N–H and O–H groups in total. The lowest BCUT2D eigenvalue weighted by Crippen LogP contribution is -2.25. The highest BCUT2D eigenvalue weighted by Crippen LogP contribution is 2.17. The van der Waals surface area contributed by atoms with E-state index < -0.39 is 5.97 Å². The van der Waals surface area contributed by atoms with Crippen LogP contribution in [0.2, 0.25) is 0 Å². The Labute approximate surface area is 113 Å². The smallest absolute Gasteiger partial charge is 0.360 e. The highest BCUT2D eigenvalue weighted by Gasteiger charge is 2.21. The van der Waals surface area contributed by atoms with Crippen LogP contribution >= 0.6 is 0 Å². The van der Waals surface area contributed by atoms with Crippen molar-refractivity contribution in [3.05, 3.63) is 17.1 Å². The molecular weight excluding hydrogens is 244 g/mol. The maximum Gasteiger partial charge on any atom is 0.360 e. The first-order valence-corrected chi connectivity index (χ1v) is 6.70. The van der Waals surface area contributed by atoms with Crippen molar-refractivity contribution < 1.29 is 9.53 Å². The van der Waals surface area contributed by atoms with E-state index in [0.29, 0.717) is 6.61 Å². The van der Waals surface area contributed by atoms with Gasteiger partial charge in [-0.15, -0.1) is 0 Å². The Morgan fingerprint density at radius 3 is 2.47 bits per heavy atom. The van der Waals surface area contributed by atoms with Gasteiger partial charge in [0.2, 0.25) is 0 Å². The fourth-order valence-electron chi connectivity index (χ4n) is 2.23. The van der Waals surface area contributed by atoms with Gasteiger partial charge in [0.05, 0.1) is 18.0 Å². The van der Waals surface area contributed by atoms with Gasteiger partial charge in [0.25, 0.3) is 0 Å². The lowest BCUT2D eigenvalue weighted by Gasteiger charge is -2.15. The van der Waals surface area contributed by atoms with Gasteiger partial charge in [-0.1, -0.05) is 6.92 Å². The van der Waals surface area contributed by atoms with Gasteiger partial charge in [-0.3, -0.25) is 0 Å². The largest absolute Gasteiger partial charge is 0.461 e. The predicted octanol–water partition coefficient (Wildman–Crippen LogP) is 0.656. The summed E-state index contributed by atoms with van der Waals surface area (Å²) in [5.41, 5.74) is 7.72. The first-order chi connectivity index (χ1) is 9.15. The molecule has 104 valence electrons. The van der Waals surface area contributed by atoms with E-state index >= 15 is 0 Å². The molecule has 1 aromatic heterocycles. The summed E-state index contributed by atoms with van der Waals surface area (Å²) in [5, 5.41) is 0. The van der Waals surface area contributed by atoms with Crippen molar-refractivity contribution in [2.75, 3.05) is 32.0 Å². The number of esters is 1. The van der Waals surface area contributed by atoms with Gasteiger partial charge in [0.15, 0.2) is 11.5 Å². The number of nitrogen functional groups attached to an aromatic ring is 1. The van der Waals surface area contributed by atoms with Crippen LogP contribution in [0.5, 0.6) is 0 Å². The van der Waals surface area contributed by atoms with Crippen LogP contribution in [-0.2, 0) is 17.6 Å². The maximum atomic E-state index is 11.7. The molecule has 0 aromatic carbocycles. The Balaban J connectivity index is 2.28. The van der Waals surface area contributed by atoms with E-state index in [1.807, 2.05) is 0 Å². The number of hydrogen-bond donors (Lipinski definition) is 1. The number of hydrogen-bond acceptors (Lipinski definition) is 6. The Kier molecular flexibility index (Phi) is 4.31. The molecule has 0 spiro atoms. The standard InChI is InChI=1S/C13H20N4O2/c1-3-17-7-5-9-10(6-8-17)16-12(14)11(15-9)13(18)19-4-2/h3-8H2,1-2H3,(H2,14,16). The molecule has 0 unspecified atom stereocenters. The van der Waals surface area contributed by atoms with Gasteiger partial charge in [0, 0.05) is 25.9 Å². The summed E-state index contributed by atoms with van der Waals surface area (Å²) in [6.07, 6.45) is 1.62. The second kappa shape index (κ2) is 5.97. The van der Waals surface area contributed by atoms with Gasteiger partial charge in [0.1, 0.15) is 0 Å². The number of nitrogens with two attached hydrogens (primary N) is 1. The van der Waals surface area contributed by atoms with Gasteiger partial charge in [-0.05, 0) is 13.5 Å². The summed E-state index contributed by atoms with van der Waals surface area (Å²) in [6.45, 7) is 7.09. The van der Waals surface area contributed by atoms with Crippen LogP contribution in [-0.4, -0.2) is 47.1 Å². The number of carbonyl (C=O) groups excluding carboxylic acids is 1. The molecule has 0 saturated heterocycles. The monoisotopic (exact) mass is 264 g/mol. The molecule has 0 amide bonds. The summed E-state index contributed by atoms with van der Waals surface area (Å²) in [6, 6.07) is 0. The number of anilines is 1. The topological polar surface area (TPSA) is 81.3 Å². The zero-order valence-electron chi connectivity index (χ0n) is 11.5. The number of nitrogens with zero attached hydrogens (tertiary/aromatic N) is 3. The van der Waals surface area contributed by atoms with Crippen LogP contribution in [0.3, 0.4) is 0 Å². The highest BCUT2D eigenvalue weighted by molar-refractivity contribution is 5.91. The maximum absolute atomic E-state index is 11.7. The lowest BCUT2D eigenvalue weighted by molar-refractivity contribution is 0.0520. The minimum Gasteiger partial charge on any atom is -0.461 e. The zero-order valence-corrected chi connectivity index (χ0v) is 11.5.